The molecule has 0 spiro atoms. The normalized spacial score (nSPS) is 22.4. The first kappa shape index (κ1) is 25.5. The van der Waals surface area contributed by atoms with Gasteiger partial charge in [-0.2, -0.15) is 0 Å². The molecular weight excluding hydrogens is 442 g/mol. The van der Waals surface area contributed by atoms with Crippen LogP contribution in [0.4, 0.5) is 16.2 Å². The predicted molar refractivity (Wildman–Crippen MR) is 138 cm³/mol. The summed E-state index contributed by atoms with van der Waals surface area (Å²) in [6.45, 7) is 5.84. The molecule has 1 aromatic carbocycles. The minimum Gasteiger partial charge on any atom is -0.444 e. The van der Waals surface area contributed by atoms with Crippen LogP contribution in [0, 0.1) is 5.92 Å². The number of hydrogen-bond acceptors (Lipinski definition) is 5. The van der Waals surface area contributed by atoms with E-state index in [4.69, 9.17) is 4.74 Å². The Morgan fingerprint density at radius 2 is 1.54 bits per heavy atom. The summed E-state index contributed by atoms with van der Waals surface area (Å²) in [6.07, 6.45) is 10.2. The highest BCUT2D eigenvalue weighted by atomic mass is 16.6. The van der Waals surface area contributed by atoms with Crippen LogP contribution < -0.4 is 15.1 Å². The lowest BCUT2D eigenvalue weighted by atomic mass is 9.86. The number of Topliss-reactive ketones (excluding diaryl/α,β-unsaturated/α-hetero) is 1. The maximum absolute atomic E-state index is 13.9. The number of alkyl carbamates (subject to hydrolysis) is 1. The summed E-state index contributed by atoms with van der Waals surface area (Å²) in [5.74, 6) is -0.112. The number of anilines is 2. The Hall–Kier alpha value is -2.57. The van der Waals surface area contributed by atoms with Crippen molar-refractivity contribution in [2.45, 2.75) is 103 Å². The average molecular weight is 484 g/mol. The molecule has 7 nitrogen and oxygen atoms in total. The summed E-state index contributed by atoms with van der Waals surface area (Å²) in [7, 11) is 0. The quantitative estimate of drug-likeness (QED) is 0.622. The number of hydrogen-bond donors (Lipinski definition) is 1. The Labute approximate surface area is 209 Å². The van der Waals surface area contributed by atoms with Gasteiger partial charge in [-0.05, 0) is 58.6 Å². The van der Waals surface area contributed by atoms with Gasteiger partial charge in [0, 0.05) is 18.5 Å². The Morgan fingerprint density at radius 1 is 0.943 bits per heavy atom. The number of amides is 2. The van der Waals surface area contributed by atoms with Gasteiger partial charge in [0.2, 0.25) is 0 Å². The first-order valence-corrected chi connectivity index (χ1v) is 13.4. The molecule has 7 heteroatoms. The fourth-order valence-electron chi connectivity index (χ4n) is 5.78. The van der Waals surface area contributed by atoms with E-state index in [1.807, 2.05) is 24.3 Å². The first-order valence-electron chi connectivity index (χ1n) is 13.4. The predicted octanol–water partition coefficient (Wildman–Crippen LogP) is 5.22. The van der Waals surface area contributed by atoms with Crippen molar-refractivity contribution in [2.24, 2.45) is 5.92 Å². The number of nitrogens with one attached hydrogen (secondary N) is 1. The molecule has 3 aliphatic rings. The molecule has 0 radical (unpaired) electrons. The van der Waals surface area contributed by atoms with Crippen LogP contribution in [0.25, 0.3) is 0 Å². The van der Waals surface area contributed by atoms with Crippen LogP contribution in [0.1, 0.15) is 85.0 Å². The third-order valence-electron chi connectivity index (χ3n) is 7.51. The van der Waals surface area contributed by atoms with E-state index in [2.05, 4.69) is 10.2 Å². The number of nitrogens with zero attached hydrogens (tertiary/aromatic N) is 2. The van der Waals surface area contributed by atoms with Gasteiger partial charge in [-0.15, -0.1) is 0 Å². The summed E-state index contributed by atoms with van der Waals surface area (Å²) in [4.78, 5) is 43.9. The molecule has 1 aliphatic heterocycles. The Morgan fingerprint density at radius 3 is 2.17 bits per heavy atom. The zero-order valence-electron chi connectivity index (χ0n) is 21.6. The van der Waals surface area contributed by atoms with Crippen molar-refractivity contribution in [3.05, 3.63) is 24.3 Å². The van der Waals surface area contributed by atoms with Crippen LogP contribution in [0.15, 0.2) is 24.3 Å². The van der Waals surface area contributed by atoms with Crippen molar-refractivity contribution in [1.82, 2.24) is 5.32 Å². The van der Waals surface area contributed by atoms with Crippen LogP contribution in [0.2, 0.25) is 0 Å². The monoisotopic (exact) mass is 483 g/mol. The number of ether oxygens (including phenoxy) is 1. The molecule has 1 atom stereocenters. The number of carbonyl (C=O) groups excluding carboxylic acids is 3. The molecular formula is C28H41N3O4. The standard InChI is InChI=1S/C28H41N3O4/c1-28(2,3)35-27(34)29-22-18-30(21-14-8-5-9-15-21)23-16-10-11-17-24(23)31(26(22)33)19-25(32)20-12-6-4-7-13-20/h10-11,16-17,20-22H,4-9,12-15,18-19H2,1-3H3,(H,29,34). The second kappa shape index (κ2) is 11.0. The fourth-order valence-corrected chi connectivity index (χ4v) is 5.78. The first-order chi connectivity index (χ1) is 16.7. The van der Waals surface area contributed by atoms with E-state index in [0.29, 0.717) is 12.6 Å². The Balaban J connectivity index is 1.66. The van der Waals surface area contributed by atoms with Crippen molar-refractivity contribution < 1.29 is 19.1 Å². The molecule has 2 fully saturated rings. The fraction of sp³-hybridized carbons (Fsp3) is 0.679. The molecule has 1 heterocycles. The van der Waals surface area contributed by atoms with Gasteiger partial charge in [-0.25, -0.2) is 4.79 Å². The van der Waals surface area contributed by atoms with Crippen LogP contribution in [0.3, 0.4) is 0 Å². The van der Waals surface area contributed by atoms with Gasteiger partial charge < -0.3 is 19.9 Å². The van der Waals surface area contributed by atoms with E-state index in [1.165, 1.54) is 12.8 Å². The largest absolute Gasteiger partial charge is 0.444 e. The molecule has 0 bridgehead atoms. The van der Waals surface area contributed by atoms with Crippen LogP contribution >= 0.6 is 0 Å². The third kappa shape index (κ3) is 6.36. The van der Waals surface area contributed by atoms with E-state index >= 15 is 0 Å². The van der Waals surface area contributed by atoms with Crippen LogP contribution in [0.5, 0.6) is 0 Å². The van der Waals surface area contributed by atoms with Gasteiger partial charge in [-0.3, -0.25) is 9.59 Å². The number of fused-ring (bicyclic) bond motifs is 1. The number of carbonyl (C=O) groups is 3. The van der Waals surface area contributed by atoms with E-state index in [1.54, 1.807) is 25.7 Å². The van der Waals surface area contributed by atoms with Crippen molar-refractivity contribution in [2.75, 3.05) is 22.9 Å². The highest BCUT2D eigenvalue weighted by Crippen LogP contribution is 2.37. The maximum atomic E-state index is 13.9. The summed E-state index contributed by atoms with van der Waals surface area (Å²) in [5.41, 5.74) is 1.07. The highest BCUT2D eigenvalue weighted by molar-refractivity contribution is 6.06. The molecule has 0 saturated heterocycles. The van der Waals surface area contributed by atoms with Gasteiger partial charge >= 0.3 is 6.09 Å². The number of benzene rings is 1. The van der Waals surface area contributed by atoms with E-state index in [0.717, 1.165) is 62.7 Å². The number of ketones is 1. The second-order valence-electron chi connectivity index (χ2n) is 11.4. The molecule has 192 valence electrons. The zero-order valence-corrected chi connectivity index (χ0v) is 21.6. The van der Waals surface area contributed by atoms with Crippen molar-refractivity contribution in [3.8, 4) is 0 Å². The average Bonchev–Trinajstić information content (AvgIpc) is 2.94. The summed E-state index contributed by atoms with van der Waals surface area (Å²) in [6, 6.07) is 7.40. The molecule has 35 heavy (non-hydrogen) atoms. The van der Waals surface area contributed by atoms with Crippen LogP contribution in [-0.2, 0) is 14.3 Å². The maximum Gasteiger partial charge on any atom is 0.408 e. The lowest BCUT2D eigenvalue weighted by Crippen LogP contribution is -2.55. The molecule has 1 unspecified atom stereocenters. The SMILES string of the molecule is CC(C)(C)OC(=O)NC1CN(C2CCCCC2)c2ccccc2N(CC(=O)C2CCCCC2)C1=O. The molecule has 2 aliphatic carbocycles. The van der Waals surface area contributed by atoms with Gasteiger partial charge in [0.05, 0.1) is 17.9 Å². The van der Waals surface area contributed by atoms with Gasteiger partial charge in [0.25, 0.3) is 5.91 Å². The van der Waals surface area contributed by atoms with Gasteiger partial charge in [0.15, 0.2) is 5.78 Å². The highest BCUT2D eigenvalue weighted by Gasteiger charge is 2.39. The lowest BCUT2D eigenvalue weighted by Gasteiger charge is -2.37. The second-order valence-corrected chi connectivity index (χ2v) is 11.4. The van der Waals surface area contributed by atoms with E-state index < -0.39 is 17.7 Å². The lowest BCUT2D eigenvalue weighted by molar-refractivity contribution is -0.126. The minimum absolute atomic E-state index is 0.0127. The van der Waals surface area contributed by atoms with Crippen molar-refractivity contribution >= 4 is 29.2 Å². The topological polar surface area (TPSA) is 79.0 Å². The molecule has 4 rings (SSSR count). The molecule has 2 amide bonds. The van der Waals surface area contributed by atoms with Crippen LogP contribution in [-0.4, -0.2) is 48.6 Å². The number of rotatable bonds is 5. The summed E-state index contributed by atoms with van der Waals surface area (Å²) in [5, 5.41) is 2.85. The zero-order chi connectivity index (χ0) is 25.0. The van der Waals surface area contributed by atoms with Crippen molar-refractivity contribution in [1.29, 1.82) is 0 Å². The number of para-hydroxylation sites is 2. The molecule has 2 saturated carbocycles. The van der Waals surface area contributed by atoms with E-state index in [9.17, 15) is 14.4 Å². The minimum atomic E-state index is -0.793. The smallest absolute Gasteiger partial charge is 0.408 e. The third-order valence-corrected chi connectivity index (χ3v) is 7.51. The van der Waals surface area contributed by atoms with E-state index in [-0.39, 0.29) is 24.2 Å². The summed E-state index contributed by atoms with van der Waals surface area (Å²) >= 11 is 0. The summed E-state index contributed by atoms with van der Waals surface area (Å²) < 4.78 is 5.49. The Kier molecular flexibility index (Phi) is 8.02. The van der Waals surface area contributed by atoms with Gasteiger partial charge in [0.1, 0.15) is 11.6 Å². The molecule has 1 aromatic rings. The van der Waals surface area contributed by atoms with Crippen molar-refractivity contribution in [3.63, 3.8) is 0 Å². The molecule has 0 aromatic heterocycles. The van der Waals surface area contributed by atoms with Gasteiger partial charge in [-0.1, -0.05) is 50.7 Å². The molecule has 1 N–H and O–H groups in total. The Bertz CT molecular complexity index is 913.